The third kappa shape index (κ3) is 4.87. The van der Waals surface area contributed by atoms with E-state index < -0.39 is 16.7 Å². The Morgan fingerprint density at radius 2 is 1.79 bits per heavy atom. The Bertz CT molecular complexity index is 762. The second kappa shape index (κ2) is 7.82. The molecule has 0 unspecified atom stereocenters. The SMILES string of the molecule is O=C(CNC(=O)c1cccc([N+](=O)[O-])c1)NCc1ccc(F)cc1. The van der Waals surface area contributed by atoms with Crippen LogP contribution in [0, 0.1) is 15.9 Å². The highest BCUT2D eigenvalue weighted by molar-refractivity contribution is 5.96. The van der Waals surface area contributed by atoms with Gasteiger partial charge in [0.15, 0.2) is 0 Å². The van der Waals surface area contributed by atoms with Gasteiger partial charge in [-0.3, -0.25) is 19.7 Å². The standard InChI is InChI=1S/C16H14FN3O4/c17-13-6-4-11(5-7-13)9-18-15(21)10-19-16(22)12-2-1-3-14(8-12)20(23)24/h1-8H,9-10H2,(H,18,21)(H,19,22). The predicted molar refractivity (Wildman–Crippen MR) is 83.7 cm³/mol. The molecule has 2 N–H and O–H groups in total. The maximum atomic E-state index is 12.8. The summed E-state index contributed by atoms with van der Waals surface area (Å²) in [4.78, 5) is 33.6. The van der Waals surface area contributed by atoms with Gasteiger partial charge in [-0.2, -0.15) is 0 Å². The third-order valence-electron chi connectivity index (χ3n) is 3.13. The monoisotopic (exact) mass is 331 g/mol. The molecule has 0 bridgehead atoms. The van der Waals surface area contributed by atoms with E-state index in [4.69, 9.17) is 0 Å². The molecule has 7 nitrogen and oxygen atoms in total. The number of benzene rings is 2. The molecule has 0 radical (unpaired) electrons. The lowest BCUT2D eigenvalue weighted by Gasteiger charge is -2.07. The smallest absolute Gasteiger partial charge is 0.270 e. The molecule has 2 amide bonds. The lowest BCUT2D eigenvalue weighted by atomic mass is 10.2. The van der Waals surface area contributed by atoms with Crippen LogP contribution in [0.5, 0.6) is 0 Å². The van der Waals surface area contributed by atoms with Crippen molar-refractivity contribution in [2.75, 3.05) is 6.54 Å². The molecular weight excluding hydrogens is 317 g/mol. The first kappa shape index (κ1) is 17.1. The first-order valence-corrected chi connectivity index (χ1v) is 6.99. The van der Waals surface area contributed by atoms with Crippen molar-refractivity contribution in [2.45, 2.75) is 6.54 Å². The molecule has 2 aromatic carbocycles. The van der Waals surface area contributed by atoms with E-state index in [1.165, 1.54) is 42.5 Å². The molecule has 0 saturated heterocycles. The zero-order chi connectivity index (χ0) is 17.5. The maximum absolute atomic E-state index is 12.8. The second-order valence-electron chi connectivity index (χ2n) is 4.89. The van der Waals surface area contributed by atoms with E-state index in [0.717, 1.165) is 11.6 Å². The van der Waals surface area contributed by atoms with E-state index >= 15 is 0 Å². The molecule has 124 valence electrons. The molecule has 24 heavy (non-hydrogen) atoms. The van der Waals surface area contributed by atoms with Crippen molar-refractivity contribution >= 4 is 17.5 Å². The topological polar surface area (TPSA) is 101 Å². The Hall–Kier alpha value is -3.29. The molecule has 0 fully saturated rings. The Kier molecular flexibility index (Phi) is 5.56. The van der Waals surface area contributed by atoms with E-state index in [0.29, 0.717) is 0 Å². The van der Waals surface area contributed by atoms with Crippen LogP contribution in [-0.4, -0.2) is 23.3 Å². The van der Waals surface area contributed by atoms with Gasteiger partial charge in [0, 0.05) is 24.2 Å². The summed E-state index contributed by atoms with van der Waals surface area (Å²) in [5.74, 6) is -1.39. The van der Waals surface area contributed by atoms with Gasteiger partial charge in [0.05, 0.1) is 11.5 Å². The number of hydrogen-bond donors (Lipinski definition) is 2. The minimum absolute atomic E-state index is 0.0931. The third-order valence-corrected chi connectivity index (χ3v) is 3.13. The Morgan fingerprint density at radius 1 is 1.08 bits per heavy atom. The average Bonchev–Trinajstić information content (AvgIpc) is 2.59. The Morgan fingerprint density at radius 3 is 2.46 bits per heavy atom. The molecule has 0 aliphatic heterocycles. The van der Waals surface area contributed by atoms with Crippen LogP contribution in [0.4, 0.5) is 10.1 Å². The van der Waals surface area contributed by atoms with Gasteiger partial charge < -0.3 is 10.6 Å². The van der Waals surface area contributed by atoms with Gasteiger partial charge in [-0.25, -0.2) is 4.39 Å². The molecule has 8 heteroatoms. The number of amides is 2. The number of carbonyl (C=O) groups excluding carboxylic acids is 2. The molecule has 0 heterocycles. The molecular formula is C16H14FN3O4. The van der Waals surface area contributed by atoms with Crippen LogP contribution in [0.2, 0.25) is 0 Å². The van der Waals surface area contributed by atoms with Crippen LogP contribution in [0.3, 0.4) is 0 Å². The maximum Gasteiger partial charge on any atom is 0.270 e. The van der Waals surface area contributed by atoms with Crippen LogP contribution in [0.1, 0.15) is 15.9 Å². The van der Waals surface area contributed by atoms with Crippen molar-refractivity contribution < 1.29 is 18.9 Å². The highest BCUT2D eigenvalue weighted by atomic mass is 19.1. The lowest BCUT2D eigenvalue weighted by molar-refractivity contribution is -0.384. The van der Waals surface area contributed by atoms with Gasteiger partial charge in [-0.15, -0.1) is 0 Å². The van der Waals surface area contributed by atoms with E-state index in [2.05, 4.69) is 10.6 Å². The number of nitrogens with one attached hydrogen (secondary N) is 2. The number of hydrogen-bond acceptors (Lipinski definition) is 4. The van der Waals surface area contributed by atoms with Crippen molar-refractivity contribution in [1.82, 2.24) is 10.6 Å². The van der Waals surface area contributed by atoms with Crippen LogP contribution in [-0.2, 0) is 11.3 Å². The number of carbonyl (C=O) groups is 2. The van der Waals surface area contributed by atoms with Gasteiger partial charge in [0.25, 0.3) is 11.6 Å². The van der Waals surface area contributed by atoms with Gasteiger partial charge in [0.1, 0.15) is 5.82 Å². The van der Waals surface area contributed by atoms with Crippen molar-refractivity contribution in [2.24, 2.45) is 0 Å². The molecule has 2 aromatic rings. The minimum Gasteiger partial charge on any atom is -0.350 e. The summed E-state index contributed by atoms with van der Waals surface area (Å²) < 4.78 is 12.8. The Labute approximate surface area is 136 Å². The Balaban J connectivity index is 1.82. The van der Waals surface area contributed by atoms with E-state index in [1.807, 2.05) is 0 Å². The normalized spacial score (nSPS) is 10.0. The molecule has 0 aromatic heterocycles. The number of nitrogens with zero attached hydrogens (tertiary/aromatic N) is 1. The molecule has 0 aliphatic carbocycles. The fraction of sp³-hybridized carbons (Fsp3) is 0.125. The fourth-order valence-electron chi connectivity index (χ4n) is 1.89. The molecule has 0 atom stereocenters. The van der Waals surface area contributed by atoms with E-state index in [9.17, 15) is 24.1 Å². The van der Waals surface area contributed by atoms with Crippen molar-refractivity contribution in [3.05, 3.63) is 75.6 Å². The molecule has 0 aliphatic rings. The van der Waals surface area contributed by atoms with Crippen molar-refractivity contribution in [1.29, 1.82) is 0 Å². The van der Waals surface area contributed by atoms with Gasteiger partial charge >= 0.3 is 0 Å². The van der Waals surface area contributed by atoms with Crippen molar-refractivity contribution in [3.63, 3.8) is 0 Å². The van der Waals surface area contributed by atoms with Crippen LogP contribution < -0.4 is 10.6 Å². The van der Waals surface area contributed by atoms with Gasteiger partial charge in [-0.05, 0) is 23.8 Å². The summed E-state index contributed by atoms with van der Waals surface area (Å²) >= 11 is 0. The average molecular weight is 331 g/mol. The summed E-state index contributed by atoms with van der Waals surface area (Å²) in [5, 5.41) is 15.6. The first-order valence-electron chi connectivity index (χ1n) is 6.99. The zero-order valence-electron chi connectivity index (χ0n) is 12.5. The molecule has 0 spiro atoms. The minimum atomic E-state index is -0.605. The highest BCUT2D eigenvalue weighted by Crippen LogP contribution is 2.12. The largest absolute Gasteiger partial charge is 0.350 e. The molecule has 2 rings (SSSR count). The second-order valence-corrected chi connectivity index (χ2v) is 4.89. The van der Waals surface area contributed by atoms with E-state index in [-0.39, 0.29) is 30.2 Å². The highest BCUT2D eigenvalue weighted by Gasteiger charge is 2.12. The number of rotatable bonds is 6. The summed E-state index contributed by atoms with van der Waals surface area (Å²) in [6.45, 7) is -0.0749. The number of nitro groups is 1. The van der Waals surface area contributed by atoms with Gasteiger partial charge in [0.2, 0.25) is 5.91 Å². The quantitative estimate of drug-likeness (QED) is 0.622. The number of nitro benzene ring substituents is 1. The summed E-state index contributed by atoms with van der Waals surface area (Å²) in [6.07, 6.45) is 0. The van der Waals surface area contributed by atoms with Gasteiger partial charge in [-0.1, -0.05) is 18.2 Å². The van der Waals surface area contributed by atoms with Crippen LogP contribution in [0.15, 0.2) is 48.5 Å². The number of non-ortho nitro benzene ring substituents is 1. The summed E-state index contributed by atoms with van der Waals surface area (Å²) in [6, 6.07) is 10.9. The van der Waals surface area contributed by atoms with Crippen LogP contribution >= 0.6 is 0 Å². The first-order chi connectivity index (χ1) is 11.5. The molecule has 0 saturated carbocycles. The van der Waals surface area contributed by atoms with Crippen molar-refractivity contribution in [3.8, 4) is 0 Å². The van der Waals surface area contributed by atoms with Crippen LogP contribution in [0.25, 0.3) is 0 Å². The fourth-order valence-corrected chi connectivity index (χ4v) is 1.89. The van der Waals surface area contributed by atoms with E-state index in [1.54, 1.807) is 0 Å². The zero-order valence-corrected chi connectivity index (χ0v) is 12.5. The number of halogens is 1. The predicted octanol–water partition coefficient (Wildman–Crippen LogP) is 1.78. The summed E-state index contributed by atoms with van der Waals surface area (Å²) in [5.41, 5.74) is 0.605. The summed E-state index contributed by atoms with van der Waals surface area (Å²) in [7, 11) is 0. The lowest BCUT2D eigenvalue weighted by Crippen LogP contribution is -2.36.